The van der Waals surface area contributed by atoms with Gasteiger partial charge in [-0.1, -0.05) is 26.0 Å². The first-order valence-corrected chi connectivity index (χ1v) is 9.47. The molecule has 0 amide bonds. The van der Waals surface area contributed by atoms with E-state index in [1.807, 2.05) is 53.7 Å². The molecule has 0 fully saturated rings. The standard InChI is InChI=1S/C19H31NO3S/c1-13(2)16(20-24(22)19(6,7)8)14-9-11-15(12-10-14)17(21)23-18(3,4)5/h9-13,16,20H,1-8H3/t16-,24?/m0/s1. The van der Waals surface area contributed by atoms with Crippen LogP contribution in [0, 0.1) is 5.92 Å². The molecule has 4 nitrogen and oxygen atoms in total. The Bertz CT molecular complexity index is 580. The molecule has 1 aromatic carbocycles. The third-order valence-electron chi connectivity index (χ3n) is 3.36. The van der Waals surface area contributed by atoms with Gasteiger partial charge in [0.25, 0.3) is 0 Å². The van der Waals surface area contributed by atoms with Gasteiger partial charge in [-0.25, -0.2) is 13.7 Å². The van der Waals surface area contributed by atoms with Crippen LogP contribution in [-0.2, 0) is 15.7 Å². The van der Waals surface area contributed by atoms with Gasteiger partial charge in [0.2, 0.25) is 0 Å². The molecule has 2 atom stereocenters. The Labute approximate surface area is 149 Å². The Morgan fingerprint density at radius 2 is 1.54 bits per heavy atom. The van der Waals surface area contributed by atoms with Crippen LogP contribution in [0.1, 0.15) is 77.4 Å². The summed E-state index contributed by atoms with van der Waals surface area (Å²) in [6.07, 6.45) is 0. The molecule has 24 heavy (non-hydrogen) atoms. The highest BCUT2D eigenvalue weighted by Crippen LogP contribution is 2.25. The molecular formula is C19H31NO3S. The number of ether oxygens (including phenoxy) is 1. The SMILES string of the molecule is CC(C)[C@H](NS(=O)C(C)(C)C)c1ccc(C(=O)OC(C)(C)C)cc1. The van der Waals surface area contributed by atoms with Gasteiger partial charge in [0.15, 0.2) is 0 Å². The van der Waals surface area contributed by atoms with Crippen molar-refractivity contribution in [2.75, 3.05) is 0 Å². The van der Waals surface area contributed by atoms with Crippen LogP contribution >= 0.6 is 0 Å². The second-order valence-corrected chi connectivity index (χ2v) is 10.3. The molecule has 0 heterocycles. The van der Waals surface area contributed by atoms with E-state index in [9.17, 15) is 9.00 Å². The minimum absolute atomic E-state index is 0.0438. The van der Waals surface area contributed by atoms with Crippen molar-refractivity contribution in [1.29, 1.82) is 0 Å². The molecular weight excluding hydrogens is 322 g/mol. The third-order valence-corrected chi connectivity index (χ3v) is 4.94. The van der Waals surface area contributed by atoms with Gasteiger partial charge >= 0.3 is 5.97 Å². The van der Waals surface area contributed by atoms with Crippen LogP contribution in [0.15, 0.2) is 24.3 Å². The van der Waals surface area contributed by atoms with E-state index in [-0.39, 0.29) is 22.7 Å². The fraction of sp³-hybridized carbons (Fsp3) is 0.632. The van der Waals surface area contributed by atoms with E-state index < -0.39 is 16.6 Å². The van der Waals surface area contributed by atoms with Crippen molar-refractivity contribution >= 4 is 17.0 Å². The molecule has 0 aromatic heterocycles. The van der Waals surface area contributed by atoms with Gasteiger partial charge in [-0.15, -0.1) is 0 Å². The largest absolute Gasteiger partial charge is 0.456 e. The van der Waals surface area contributed by atoms with Gasteiger partial charge in [0.1, 0.15) is 5.60 Å². The van der Waals surface area contributed by atoms with E-state index in [1.165, 1.54) is 0 Å². The fourth-order valence-electron chi connectivity index (χ4n) is 2.04. The molecule has 1 unspecified atom stereocenters. The summed E-state index contributed by atoms with van der Waals surface area (Å²) in [6, 6.07) is 7.28. The summed E-state index contributed by atoms with van der Waals surface area (Å²) >= 11 is 0. The van der Waals surface area contributed by atoms with Crippen molar-refractivity contribution in [2.24, 2.45) is 5.92 Å². The number of esters is 1. The average molecular weight is 354 g/mol. The number of rotatable bonds is 5. The molecule has 1 rings (SSSR count). The predicted octanol–water partition coefficient (Wildman–Crippen LogP) is 4.39. The van der Waals surface area contributed by atoms with Crippen LogP contribution in [0.3, 0.4) is 0 Å². The summed E-state index contributed by atoms with van der Waals surface area (Å²) in [5.74, 6) is -0.0648. The number of benzene rings is 1. The second-order valence-electron chi connectivity index (χ2n) is 8.34. The quantitative estimate of drug-likeness (QED) is 0.799. The fourth-order valence-corrected chi connectivity index (χ4v) is 3.04. The first kappa shape index (κ1) is 20.8. The second kappa shape index (κ2) is 7.79. The van der Waals surface area contributed by atoms with E-state index in [2.05, 4.69) is 18.6 Å². The van der Waals surface area contributed by atoms with Gasteiger partial charge in [-0.05, 0) is 65.2 Å². The molecule has 0 bridgehead atoms. The van der Waals surface area contributed by atoms with E-state index >= 15 is 0 Å². The van der Waals surface area contributed by atoms with Crippen molar-refractivity contribution in [3.63, 3.8) is 0 Å². The molecule has 0 radical (unpaired) electrons. The van der Waals surface area contributed by atoms with Gasteiger partial charge < -0.3 is 4.74 Å². The Morgan fingerprint density at radius 1 is 1.04 bits per heavy atom. The van der Waals surface area contributed by atoms with Crippen molar-refractivity contribution in [1.82, 2.24) is 4.72 Å². The Hall–Kier alpha value is -1.20. The lowest BCUT2D eigenvalue weighted by Gasteiger charge is -2.27. The van der Waals surface area contributed by atoms with E-state index in [0.29, 0.717) is 5.56 Å². The Morgan fingerprint density at radius 3 is 1.92 bits per heavy atom. The first-order valence-electron chi connectivity index (χ1n) is 8.32. The van der Waals surface area contributed by atoms with E-state index in [4.69, 9.17) is 4.74 Å². The molecule has 0 aliphatic rings. The molecule has 136 valence electrons. The van der Waals surface area contributed by atoms with Crippen molar-refractivity contribution in [3.05, 3.63) is 35.4 Å². The minimum Gasteiger partial charge on any atom is -0.456 e. The van der Waals surface area contributed by atoms with E-state index in [0.717, 1.165) is 5.56 Å². The summed E-state index contributed by atoms with van der Waals surface area (Å²) in [4.78, 5) is 12.1. The number of nitrogens with one attached hydrogen (secondary N) is 1. The normalized spacial score (nSPS) is 15.2. The smallest absolute Gasteiger partial charge is 0.338 e. The van der Waals surface area contributed by atoms with Crippen LogP contribution in [0.5, 0.6) is 0 Å². The highest BCUT2D eigenvalue weighted by Gasteiger charge is 2.25. The van der Waals surface area contributed by atoms with Crippen LogP contribution in [0.4, 0.5) is 0 Å². The lowest BCUT2D eigenvalue weighted by Crippen LogP contribution is -2.37. The lowest BCUT2D eigenvalue weighted by molar-refractivity contribution is 0.00695. The maximum Gasteiger partial charge on any atom is 0.338 e. The maximum absolute atomic E-state index is 12.4. The predicted molar refractivity (Wildman–Crippen MR) is 100 cm³/mol. The molecule has 5 heteroatoms. The lowest BCUT2D eigenvalue weighted by atomic mass is 9.96. The number of hydrogen-bond donors (Lipinski definition) is 1. The topological polar surface area (TPSA) is 55.4 Å². The molecule has 0 spiro atoms. The average Bonchev–Trinajstić information content (AvgIpc) is 2.41. The highest BCUT2D eigenvalue weighted by molar-refractivity contribution is 7.84. The van der Waals surface area contributed by atoms with Crippen LogP contribution in [0.25, 0.3) is 0 Å². The van der Waals surface area contributed by atoms with Gasteiger partial charge in [-0.2, -0.15) is 0 Å². The molecule has 0 saturated heterocycles. The summed E-state index contributed by atoms with van der Waals surface area (Å²) in [6.45, 7) is 15.5. The molecule has 1 aromatic rings. The van der Waals surface area contributed by atoms with Crippen molar-refractivity contribution in [3.8, 4) is 0 Å². The summed E-state index contributed by atoms with van der Waals surface area (Å²) in [5, 5.41) is 0. The minimum atomic E-state index is -1.16. The molecule has 0 aliphatic heterocycles. The van der Waals surface area contributed by atoms with Crippen LogP contribution < -0.4 is 4.72 Å². The zero-order valence-electron chi connectivity index (χ0n) is 16.1. The van der Waals surface area contributed by atoms with Gasteiger partial charge in [0, 0.05) is 6.04 Å². The zero-order chi connectivity index (χ0) is 18.7. The Kier molecular flexibility index (Phi) is 6.76. The van der Waals surface area contributed by atoms with Gasteiger partial charge in [-0.3, -0.25) is 0 Å². The first-order chi connectivity index (χ1) is 10.8. The molecule has 0 saturated carbocycles. The maximum atomic E-state index is 12.4. The summed E-state index contributed by atoms with van der Waals surface area (Å²) in [5.41, 5.74) is 1.02. The van der Waals surface area contributed by atoms with Crippen molar-refractivity contribution < 1.29 is 13.7 Å². The van der Waals surface area contributed by atoms with E-state index in [1.54, 1.807) is 12.1 Å². The Balaban J connectivity index is 2.95. The van der Waals surface area contributed by atoms with Crippen molar-refractivity contribution in [2.45, 2.75) is 71.8 Å². The highest BCUT2D eigenvalue weighted by atomic mass is 32.2. The van der Waals surface area contributed by atoms with Crippen LogP contribution in [0.2, 0.25) is 0 Å². The summed E-state index contributed by atoms with van der Waals surface area (Å²) in [7, 11) is -1.16. The molecule has 1 N–H and O–H groups in total. The number of carbonyl (C=O) groups excluding carboxylic acids is 1. The summed E-state index contributed by atoms with van der Waals surface area (Å²) < 4.78 is 20.7. The number of carbonyl (C=O) groups is 1. The zero-order valence-corrected chi connectivity index (χ0v) is 16.9. The third kappa shape index (κ3) is 6.36. The molecule has 0 aliphatic carbocycles. The van der Waals surface area contributed by atoms with Crippen LogP contribution in [-0.4, -0.2) is 20.5 Å². The number of hydrogen-bond acceptors (Lipinski definition) is 3. The monoisotopic (exact) mass is 353 g/mol. The van der Waals surface area contributed by atoms with Gasteiger partial charge in [0.05, 0.1) is 21.3 Å².